The molecule has 2 aromatic rings. The van der Waals surface area contributed by atoms with E-state index < -0.39 is 0 Å². The Kier molecular flexibility index (Phi) is 6.37. The van der Waals surface area contributed by atoms with Gasteiger partial charge in [-0.3, -0.25) is 4.90 Å². The van der Waals surface area contributed by atoms with Gasteiger partial charge in [0.1, 0.15) is 0 Å². The van der Waals surface area contributed by atoms with Crippen LogP contribution in [0.2, 0.25) is 0 Å². The summed E-state index contributed by atoms with van der Waals surface area (Å²) < 4.78 is 5.29. The summed E-state index contributed by atoms with van der Waals surface area (Å²) in [5.74, 6) is 1.39. The zero-order valence-electron chi connectivity index (χ0n) is 12.5. The summed E-state index contributed by atoms with van der Waals surface area (Å²) in [5.41, 5.74) is 1.21. The van der Waals surface area contributed by atoms with Gasteiger partial charge in [0, 0.05) is 19.5 Å². The number of nitrogens with zero attached hydrogens (tertiary/aromatic N) is 3. The van der Waals surface area contributed by atoms with E-state index in [0.29, 0.717) is 19.0 Å². The maximum absolute atomic E-state index is 9.21. The number of hydrogen-bond acceptors (Lipinski definition) is 5. The van der Waals surface area contributed by atoms with Gasteiger partial charge in [-0.2, -0.15) is 4.98 Å². The number of aliphatic hydroxyl groups excluding tert-OH is 1. The van der Waals surface area contributed by atoms with Gasteiger partial charge in [0.2, 0.25) is 5.89 Å². The molecule has 2 rings (SSSR count). The van der Waals surface area contributed by atoms with Gasteiger partial charge in [0.05, 0.1) is 13.2 Å². The number of aryl methyl sites for hydroxylation is 1. The molecule has 0 atom stereocenters. The Morgan fingerprint density at radius 1 is 1.19 bits per heavy atom. The molecular weight excluding hydrogens is 266 g/mol. The summed E-state index contributed by atoms with van der Waals surface area (Å²) in [6.07, 6.45) is 3.05. The molecule has 0 fully saturated rings. The lowest BCUT2D eigenvalue weighted by molar-refractivity contribution is 0.167. The topological polar surface area (TPSA) is 62.4 Å². The maximum Gasteiger partial charge on any atom is 0.240 e. The molecule has 0 bridgehead atoms. The molecule has 0 aliphatic heterocycles. The summed E-state index contributed by atoms with van der Waals surface area (Å²) in [4.78, 5) is 6.51. The van der Waals surface area contributed by atoms with Crippen molar-refractivity contribution < 1.29 is 9.63 Å². The van der Waals surface area contributed by atoms with Gasteiger partial charge in [0.25, 0.3) is 0 Å². The van der Waals surface area contributed by atoms with Crippen molar-refractivity contribution >= 4 is 0 Å². The fourth-order valence-electron chi connectivity index (χ4n) is 2.18. The predicted octanol–water partition coefficient (Wildman–Crippen LogP) is 2.41. The Balaban J connectivity index is 1.94. The fourth-order valence-corrected chi connectivity index (χ4v) is 2.18. The SMILES string of the molecule is CCCCc1noc(CN(CCO)Cc2ccccc2)n1. The van der Waals surface area contributed by atoms with Crippen LogP contribution >= 0.6 is 0 Å². The third-order valence-electron chi connectivity index (χ3n) is 3.29. The first kappa shape index (κ1) is 15.7. The van der Waals surface area contributed by atoms with Crippen LogP contribution in [-0.2, 0) is 19.5 Å². The molecule has 21 heavy (non-hydrogen) atoms. The second-order valence-corrected chi connectivity index (χ2v) is 5.13. The number of benzene rings is 1. The maximum atomic E-state index is 9.21. The van der Waals surface area contributed by atoms with Crippen molar-refractivity contribution in [2.24, 2.45) is 0 Å². The van der Waals surface area contributed by atoms with Crippen molar-refractivity contribution in [2.45, 2.75) is 39.3 Å². The highest BCUT2D eigenvalue weighted by atomic mass is 16.5. The molecule has 0 saturated carbocycles. The molecule has 0 aliphatic carbocycles. The highest BCUT2D eigenvalue weighted by molar-refractivity contribution is 5.14. The Morgan fingerprint density at radius 3 is 2.71 bits per heavy atom. The van der Waals surface area contributed by atoms with Gasteiger partial charge in [-0.05, 0) is 12.0 Å². The smallest absolute Gasteiger partial charge is 0.240 e. The zero-order chi connectivity index (χ0) is 14.9. The van der Waals surface area contributed by atoms with Crippen molar-refractivity contribution in [3.8, 4) is 0 Å². The fraction of sp³-hybridized carbons (Fsp3) is 0.500. The van der Waals surface area contributed by atoms with Crippen LogP contribution in [0.3, 0.4) is 0 Å². The third-order valence-corrected chi connectivity index (χ3v) is 3.29. The first-order chi connectivity index (χ1) is 10.3. The van der Waals surface area contributed by atoms with Gasteiger partial charge >= 0.3 is 0 Å². The van der Waals surface area contributed by atoms with E-state index in [4.69, 9.17) is 4.52 Å². The summed E-state index contributed by atoms with van der Waals surface area (Å²) in [5, 5.41) is 13.2. The molecule has 0 saturated heterocycles. The van der Waals surface area contributed by atoms with Crippen molar-refractivity contribution in [2.75, 3.05) is 13.2 Å². The lowest BCUT2D eigenvalue weighted by Gasteiger charge is -2.19. The minimum absolute atomic E-state index is 0.115. The Hall–Kier alpha value is -1.72. The molecule has 5 nitrogen and oxygen atoms in total. The van der Waals surface area contributed by atoms with Crippen molar-refractivity contribution in [3.63, 3.8) is 0 Å². The summed E-state index contributed by atoms with van der Waals surface area (Å²) >= 11 is 0. The highest BCUT2D eigenvalue weighted by Gasteiger charge is 2.12. The van der Waals surface area contributed by atoms with Crippen molar-refractivity contribution in [1.29, 1.82) is 0 Å². The second-order valence-electron chi connectivity index (χ2n) is 5.13. The van der Waals surface area contributed by atoms with E-state index in [1.54, 1.807) is 0 Å². The molecule has 0 aliphatic rings. The van der Waals surface area contributed by atoms with E-state index in [0.717, 1.165) is 31.6 Å². The van der Waals surface area contributed by atoms with E-state index >= 15 is 0 Å². The van der Waals surface area contributed by atoms with Crippen LogP contribution in [0.25, 0.3) is 0 Å². The molecule has 1 heterocycles. The van der Waals surface area contributed by atoms with E-state index in [9.17, 15) is 5.11 Å². The van der Waals surface area contributed by atoms with Crippen molar-refractivity contribution in [1.82, 2.24) is 15.0 Å². The van der Waals surface area contributed by atoms with Crippen LogP contribution in [-0.4, -0.2) is 33.3 Å². The average molecular weight is 289 g/mol. The summed E-state index contributed by atoms with van der Waals surface area (Å²) in [6, 6.07) is 10.2. The van der Waals surface area contributed by atoms with Crippen LogP contribution < -0.4 is 0 Å². The second kappa shape index (κ2) is 8.54. The van der Waals surface area contributed by atoms with Gasteiger partial charge in [-0.1, -0.05) is 48.8 Å². The third kappa shape index (κ3) is 5.28. The first-order valence-corrected chi connectivity index (χ1v) is 7.50. The van der Waals surface area contributed by atoms with E-state index in [1.165, 1.54) is 5.56 Å². The van der Waals surface area contributed by atoms with Crippen LogP contribution in [0.15, 0.2) is 34.9 Å². The zero-order valence-corrected chi connectivity index (χ0v) is 12.5. The van der Waals surface area contributed by atoms with Gasteiger partial charge in [-0.25, -0.2) is 0 Å². The van der Waals surface area contributed by atoms with Crippen LogP contribution in [0.5, 0.6) is 0 Å². The van der Waals surface area contributed by atoms with E-state index in [2.05, 4.69) is 34.1 Å². The molecule has 0 amide bonds. The Bertz CT molecular complexity index is 513. The molecule has 114 valence electrons. The lowest BCUT2D eigenvalue weighted by Crippen LogP contribution is -2.26. The average Bonchev–Trinajstić information content (AvgIpc) is 2.94. The monoisotopic (exact) mass is 289 g/mol. The number of hydrogen-bond donors (Lipinski definition) is 1. The molecule has 1 N–H and O–H groups in total. The van der Waals surface area contributed by atoms with Gasteiger partial charge in [0.15, 0.2) is 5.82 Å². The largest absolute Gasteiger partial charge is 0.395 e. The molecule has 0 radical (unpaired) electrons. The molecule has 1 aromatic heterocycles. The van der Waals surface area contributed by atoms with Crippen molar-refractivity contribution in [3.05, 3.63) is 47.6 Å². The number of aliphatic hydroxyl groups is 1. The van der Waals surface area contributed by atoms with Crippen LogP contribution in [0.1, 0.15) is 37.0 Å². The lowest BCUT2D eigenvalue weighted by atomic mass is 10.2. The van der Waals surface area contributed by atoms with E-state index in [-0.39, 0.29) is 6.61 Å². The van der Waals surface area contributed by atoms with Crippen LogP contribution in [0.4, 0.5) is 0 Å². The van der Waals surface area contributed by atoms with Crippen LogP contribution in [0, 0.1) is 0 Å². The predicted molar refractivity (Wildman–Crippen MR) is 80.6 cm³/mol. The molecular formula is C16H23N3O2. The summed E-state index contributed by atoms with van der Waals surface area (Å²) in [7, 11) is 0. The number of unbranched alkanes of at least 4 members (excludes halogenated alkanes) is 1. The van der Waals surface area contributed by atoms with E-state index in [1.807, 2.05) is 18.2 Å². The summed E-state index contributed by atoms with van der Waals surface area (Å²) in [6.45, 7) is 4.16. The number of aromatic nitrogens is 2. The van der Waals surface area contributed by atoms with Gasteiger partial charge < -0.3 is 9.63 Å². The molecule has 0 spiro atoms. The quantitative estimate of drug-likeness (QED) is 0.768. The first-order valence-electron chi connectivity index (χ1n) is 7.50. The number of rotatable bonds is 9. The minimum Gasteiger partial charge on any atom is -0.395 e. The minimum atomic E-state index is 0.115. The molecule has 0 unspecified atom stereocenters. The normalized spacial score (nSPS) is 11.2. The highest BCUT2D eigenvalue weighted by Crippen LogP contribution is 2.09. The Morgan fingerprint density at radius 2 is 2.00 bits per heavy atom. The molecule has 5 heteroatoms. The molecule has 1 aromatic carbocycles. The Labute approximate surface area is 125 Å². The standard InChI is InChI=1S/C16H23N3O2/c1-2-3-9-15-17-16(21-18-15)13-19(10-11-20)12-14-7-5-4-6-8-14/h4-8,20H,2-3,9-13H2,1H3. The van der Waals surface area contributed by atoms with Gasteiger partial charge in [-0.15, -0.1) is 0 Å².